The predicted molar refractivity (Wildman–Crippen MR) is 87.9 cm³/mol. The van der Waals surface area contributed by atoms with Crippen LogP contribution in [0.15, 0.2) is 43.0 Å². The molecule has 1 amide bonds. The molecule has 5 nitrogen and oxygen atoms in total. The van der Waals surface area contributed by atoms with Gasteiger partial charge in [0.1, 0.15) is 0 Å². The normalized spacial score (nSPS) is 17.3. The van der Waals surface area contributed by atoms with Crippen LogP contribution in [0.5, 0.6) is 0 Å². The molecule has 1 saturated heterocycles. The molecule has 1 unspecified atom stereocenters. The number of carbonyl (C=O) groups is 1. The van der Waals surface area contributed by atoms with Crippen LogP contribution in [0.25, 0.3) is 0 Å². The third-order valence-electron chi connectivity index (χ3n) is 4.06. The van der Waals surface area contributed by atoms with Crippen molar-refractivity contribution < 1.29 is 4.79 Å². The van der Waals surface area contributed by atoms with E-state index in [4.69, 9.17) is 5.73 Å². The van der Waals surface area contributed by atoms with Crippen LogP contribution < -0.4 is 5.73 Å². The maximum atomic E-state index is 12.7. The highest BCUT2D eigenvalue weighted by Gasteiger charge is 2.29. The summed E-state index contributed by atoms with van der Waals surface area (Å²) in [5.41, 5.74) is 7.38. The lowest BCUT2D eigenvalue weighted by Crippen LogP contribution is -2.37. The molecule has 0 radical (unpaired) electrons. The number of rotatable bonds is 4. The second-order valence-electron chi connectivity index (χ2n) is 5.46. The molecule has 0 spiro atoms. The summed E-state index contributed by atoms with van der Waals surface area (Å²) in [4.78, 5) is 18.7. The number of nitrogens with two attached hydrogens (primary N) is 1. The number of hydrogen-bond donors (Lipinski definition) is 1. The van der Waals surface area contributed by atoms with Crippen molar-refractivity contribution in [2.75, 3.05) is 6.54 Å². The SMILES string of the molecule is Cl.NCc1ccc(C(=O)N2CCCC2Cn2ccnc2)cc1. The molecule has 2 N–H and O–H groups in total. The lowest BCUT2D eigenvalue weighted by atomic mass is 10.1. The van der Waals surface area contributed by atoms with Crippen molar-refractivity contribution in [3.05, 3.63) is 54.1 Å². The van der Waals surface area contributed by atoms with Crippen LogP contribution in [0.1, 0.15) is 28.8 Å². The van der Waals surface area contributed by atoms with Gasteiger partial charge < -0.3 is 15.2 Å². The van der Waals surface area contributed by atoms with Gasteiger partial charge in [0.15, 0.2) is 0 Å². The quantitative estimate of drug-likeness (QED) is 0.938. The fourth-order valence-electron chi connectivity index (χ4n) is 2.88. The molecule has 6 heteroatoms. The van der Waals surface area contributed by atoms with E-state index in [2.05, 4.69) is 4.98 Å². The van der Waals surface area contributed by atoms with E-state index in [9.17, 15) is 4.79 Å². The minimum atomic E-state index is 0. The summed E-state index contributed by atoms with van der Waals surface area (Å²) < 4.78 is 2.04. The molecule has 22 heavy (non-hydrogen) atoms. The summed E-state index contributed by atoms with van der Waals surface area (Å²) in [5.74, 6) is 0.112. The Bertz CT molecular complexity index is 597. The molecule has 0 bridgehead atoms. The summed E-state index contributed by atoms with van der Waals surface area (Å²) in [5, 5.41) is 0. The molecular formula is C16H21ClN4O. The largest absolute Gasteiger partial charge is 0.335 e. The van der Waals surface area contributed by atoms with Gasteiger partial charge in [-0.3, -0.25) is 4.79 Å². The van der Waals surface area contributed by atoms with Crippen LogP contribution in [0.4, 0.5) is 0 Å². The number of imidazole rings is 1. The van der Waals surface area contributed by atoms with Gasteiger partial charge in [0.05, 0.1) is 6.33 Å². The number of halogens is 1. The van der Waals surface area contributed by atoms with Crippen LogP contribution in [-0.2, 0) is 13.1 Å². The molecule has 1 aromatic carbocycles. The Hall–Kier alpha value is -1.85. The fourth-order valence-corrected chi connectivity index (χ4v) is 2.88. The number of likely N-dealkylation sites (tertiary alicyclic amines) is 1. The van der Waals surface area contributed by atoms with E-state index in [1.807, 2.05) is 39.9 Å². The van der Waals surface area contributed by atoms with E-state index in [0.717, 1.165) is 37.1 Å². The van der Waals surface area contributed by atoms with E-state index in [1.165, 1.54) is 0 Å². The van der Waals surface area contributed by atoms with Crippen LogP contribution in [-0.4, -0.2) is 32.9 Å². The van der Waals surface area contributed by atoms with E-state index in [-0.39, 0.29) is 24.4 Å². The molecule has 2 heterocycles. The maximum absolute atomic E-state index is 12.7. The molecular weight excluding hydrogens is 300 g/mol. The third kappa shape index (κ3) is 3.48. The van der Waals surface area contributed by atoms with Crippen molar-refractivity contribution in [1.29, 1.82) is 0 Å². The Kier molecular flexibility index (Phi) is 5.57. The summed E-state index contributed by atoms with van der Waals surface area (Å²) in [7, 11) is 0. The molecule has 1 atom stereocenters. The van der Waals surface area contributed by atoms with Gasteiger partial charge >= 0.3 is 0 Å². The first-order chi connectivity index (χ1) is 10.3. The molecule has 118 valence electrons. The first kappa shape index (κ1) is 16.5. The van der Waals surface area contributed by atoms with Gasteiger partial charge in [-0.2, -0.15) is 0 Å². The topological polar surface area (TPSA) is 64.2 Å². The van der Waals surface area contributed by atoms with Crippen LogP contribution in [0, 0.1) is 0 Å². The van der Waals surface area contributed by atoms with Crippen LogP contribution in [0.3, 0.4) is 0 Å². The smallest absolute Gasteiger partial charge is 0.254 e. The van der Waals surface area contributed by atoms with E-state index >= 15 is 0 Å². The number of nitrogens with zero attached hydrogens (tertiary/aromatic N) is 3. The number of benzene rings is 1. The van der Waals surface area contributed by atoms with E-state index < -0.39 is 0 Å². The third-order valence-corrected chi connectivity index (χ3v) is 4.06. The highest BCUT2D eigenvalue weighted by Crippen LogP contribution is 2.21. The average molecular weight is 321 g/mol. The monoisotopic (exact) mass is 320 g/mol. The maximum Gasteiger partial charge on any atom is 0.254 e. The molecule has 2 aromatic rings. The average Bonchev–Trinajstić information content (AvgIpc) is 3.19. The van der Waals surface area contributed by atoms with Gasteiger partial charge in [0.2, 0.25) is 0 Å². The number of carbonyl (C=O) groups excluding carboxylic acids is 1. The lowest BCUT2D eigenvalue weighted by Gasteiger charge is -2.25. The molecule has 1 fully saturated rings. The molecule has 1 aliphatic heterocycles. The Balaban J connectivity index is 0.00000176. The van der Waals surface area contributed by atoms with Gasteiger partial charge in [0.25, 0.3) is 5.91 Å². The van der Waals surface area contributed by atoms with E-state index in [0.29, 0.717) is 6.54 Å². The molecule has 1 aromatic heterocycles. The standard InChI is InChI=1S/C16H20N4O.ClH/c17-10-13-3-5-14(6-4-13)16(21)20-8-1-2-15(20)11-19-9-7-18-12-19;/h3-7,9,12,15H,1-2,8,10-11,17H2;1H. The van der Waals surface area contributed by atoms with Crippen LogP contribution in [0.2, 0.25) is 0 Å². The highest BCUT2D eigenvalue weighted by atomic mass is 35.5. The minimum absolute atomic E-state index is 0. The second-order valence-corrected chi connectivity index (χ2v) is 5.46. The van der Waals surface area contributed by atoms with Gasteiger partial charge in [-0.25, -0.2) is 4.98 Å². The van der Waals surface area contributed by atoms with Crippen molar-refractivity contribution >= 4 is 18.3 Å². The molecule has 1 aliphatic rings. The first-order valence-corrected chi connectivity index (χ1v) is 7.33. The van der Waals surface area contributed by atoms with Crippen molar-refractivity contribution in [3.63, 3.8) is 0 Å². The molecule has 0 aliphatic carbocycles. The predicted octanol–water partition coefficient (Wildman–Crippen LogP) is 2.07. The fraction of sp³-hybridized carbons (Fsp3) is 0.375. The summed E-state index contributed by atoms with van der Waals surface area (Å²) in [6.45, 7) is 2.14. The molecule has 3 rings (SSSR count). The van der Waals surface area contributed by atoms with Gasteiger partial charge in [-0.15, -0.1) is 12.4 Å². The Morgan fingerprint density at radius 2 is 2.09 bits per heavy atom. The van der Waals surface area contributed by atoms with Crippen molar-refractivity contribution in [2.45, 2.75) is 32.0 Å². The van der Waals surface area contributed by atoms with Gasteiger partial charge in [0, 0.05) is 43.6 Å². The Morgan fingerprint density at radius 3 is 2.73 bits per heavy atom. The summed E-state index contributed by atoms with van der Waals surface area (Å²) in [6, 6.07) is 7.84. The van der Waals surface area contributed by atoms with Gasteiger partial charge in [-0.1, -0.05) is 12.1 Å². The van der Waals surface area contributed by atoms with Gasteiger partial charge in [-0.05, 0) is 30.5 Å². The van der Waals surface area contributed by atoms with Crippen LogP contribution >= 0.6 is 12.4 Å². The lowest BCUT2D eigenvalue weighted by molar-refractivity contribution is 0.0724. The Labute approximate surface area is 136 Å². The zero-order chi connectivity index (χ0) is 14.7. The zero-order valence-electron chi connectivity index (χ0n) is 12.4. The zero-order valence-corrected chi connectivity index (χ0v) is 13.2. The summed E-state index contributed by atoms with van der Waals surface area (Å²) in [6.07, 6.45) is 7.62. The number of amides is 1. The summed E-state index contributed by atoms with van der Waals surface area (Å²) >= 11 is 0. The van der Waals surface area contributed by atoms with Crippen molar-refractivity contribution in [2.24, 2.45) is 5.73 Å². The second kappa shape index (κ2) is 7.42. The Morgan fingerprint density at radius 1 is 1.32 bits per heavy atom. The molecule has 0 saturated carbocycles. The first-order valence-electron chi connectivity index (χ1n) is 7.33. The number of hydrogen-bond acceptors (Lipinski definition) is 3. The van der Waals surface area contributed by atoms with E-state index in [1.54, 1.807) is 12.5 Å². The highest BCUT2D eigenvalue weighted by molar-refractivity contribution is 5.94. The van der Waals surface area contributed by atoms with Crippen molar-refractivity contribution in [3.8, 4) is 0 Å². The minimum Gasteiger partial charge on any atom is -0.335 e. The number of aromatic nitrogens is 2. The van der Waals surface area contributed by atoms with Crippen molar-refractivity contribution in [1.82, 2.24) is 14.5 Å².